The lowest BCUT2D eigenvalue weighted by Gasteiger charge is -2.12. The number of aromatic nitrogens is 1. The van der Waals surface area contributed by atoms with Crippen LogP contribution in [0.1, 0.15) is 12.6 Å². The summed E-state index contributed by atoms with van der Waals surface area (Å²) >= 11 is 0. The summed E-state index contributed by atoms with van der Waals surface area (Å²) in [6, 6.07) is 17.3. The van der Waals surface area contributed by atoms with Crippen molar-refractivity contribution in [1.82, 2.24) is 15.6 Å². The Hall–Kier alpha value is -2.75. The average Bonchev–Trinajstić information content (AvgIpc) is 3.25. The van der Waals surface area contributed by atoms with E-state index in [1.165, 1.54) is 0 Å². The van der Waals surface area contributed by atoms with E-state index in [1.54, 1.807) is 13.4 Å². The Morgan fingerprint density at radius 2 is 1.77 bits per heavy atom. The topological polar surface area (TPSA) is 80.9 Å². The van der Waals surface area contributed by atoms with Crippen molar-refractivity contribution >= 4 is 29.9 Å². The Bertz CT molecular complexity index is 898. The first-order chi connectivity index (χ1) is 14.3. The minimum absolute atomic E-state index is 0. The Labute approximate surface area is 193 Å². The molecule has 2 aromatic carbocycles. The largest absolute Gasteiger partial charge is 0.497 e. The van der Waals surface area contributed by atoms with Crippen LogP contribution in [-0.2, 0) is 6.54 Å². The number of halogens is 1. The Balaban J connectivity index is 0.00000320. The second-order valence-electron chi connectivity index (χ2n) is 6.16. The fourth-order valence-electron chi connectivity index (χ4n) is 2.60. The van der Waals surface area contributed by atoms with Crippen LogP contribution in [0.3, 0.4) is 0 Å². The van der Waals surface area contributed by atoms with Crippen molar-refractivity contribution in [3.05, 3.63) is 66.6 Å². The number of nitrogens with one attached hydrogen (secondary N) is 2. The lowest BCUT2D eigenvalue weighted by Crippen LogP contribution is -2.39. The zero-order valence-corrected chi connectivity index (χ0v) is 19.5. The monoisotopic (exact) mass is 522 g/mol. The minimum atomic E-state index is 0. The molecule has 0 fully saturated rings. The van der Waals surface area contributed by atoms with Crippen LogP contribution in [0.25, 0.3) is 11.5 Å². The molecule has 30 heavy (non-hydrogen) atoms. The molecule has 0 aliphatic rings. The first-order valence-corrected chi connectivity index (χ1v) is 9.57. The third-order valence-electron chi connectivity index (χ3n) is 4.04. The number of aliphatic imine (C=N–C) groups is 1. The molecule has 1 aromatic heterocycles. The fraction of sp³-hybridized carbons (Fsp3) is 0.273. The standard InChI is InChI=1S/C22H26N4O3.HI/c1-3-23-22(24-13-14-28-20-11-9-19(27-2)10-12-20)25-15-18-16-29-21(26-18)17-7-5-4-6-8-17;/h4-12,16H,3,13-15H2,1-2H3,(H2,23,24,25);1H. The van der Waals surface area contributed by atoms with Crippen LogP contribution in [0.4, 0.5) is 0 Å². The predicted molar refractivity (Wildman–Crippen MR) is 129 cm³/mol. The molecular formula is C22H27IN4O3. The van der Waals surface area contributed by atoms with Gasteiger partial charge in [-0.15, -0.1) is 24.0 Å². The molecule has 0 aliphatic heterocycles. The number of rotatable bonds is 9. The molecule has 1 heterocycles. The molecule has 7 nitrogen and oxygen atoms in total. The number of nitrogens with zero attached hydrogens (tertiary/aromatic N) is 2. The maximum Gasteiger partial charge on any atom is 0.226 e. The van der Waals surface area contributed by atoms with Crippen molar-refractivity contribution in [3.63, 3.8) is 0 Å². The summed E-state index contributed by atoms with van der Waals surface area (Å²) in [5.41, 5.74) is 1.72. The van der Waals surface area contributed by atoms with E-state index >= 15 is 0 Å². The molecule has 0 spiro atoms. The van der Waals surface area contributed by atoms with Gasteiger partial charge >= 0.3 is 0 Å². The van der Waals surface area contributed by atoms with Crippen LogP contribution in [-0.4, -0.2) is 37.7 Å². The third kappa shape index (κ3) is 7.25. The predicted octanol–water partition coefficient (Wildman–Crippen LogP) is 4.10. The second-order valence-corrected chi connectivity index (χ2v) is 6.16. The molecule has 0 atom stereocenters. The summed E-state index contributed by atoms with van der Waals surface area (Å²) in [6.07, 6.45) is 1.64. The van der Waals surface area contributed by atoms with Crippen molar-refractivity contribution < 1.29 is 13.9 Å². The van der Waals surface area contributed by atoms with Gasteiger partial charge in [-0.05, 0) is 43.3 Å². The Kier molecular flexibility index (Phi) is 9.99. The lowest BCUT2D eigenvalue weighted by atomic mass is 10.2. The van der Waals surface area contributed by atoms with Gasteiger partial charge in [-0.1, -0.05) is 18.2 Å². The minimum Gasteiger partial charge on any atom is -0.497 e. The quantitative estimate of drug-likeness (QED) is 0.191. The molecule has 0 amide bonds. The van der Waals surface area contributed by atoms with Crippen LogP contribution in [0.15, 0.2) is 70.3 Å². The fourth-order valence-corrected chi connectivity index (χ4v) is 2.60. The normalized spacial score (nSPS) is 10.8. The van der Waals surface area contributed by atoms with Gasteiger partial charge in [-0.3, -0.25) is 0 Å². The summed E-state index contributed by atoms with van der Waals surface area (Å²) in [5.74, 6) is 2.91. The smallest absolute Gasteiger partial charge is 0.226 e. The number of hydrogen-bond acceptors (Lipinski definition) is 5. The van der Waals surface area contributed by atoms with Crippen molar-refractivity contribution in [2.24, 2.45) is 4.99 Å². The van der Waals surface area contributed by atoms with Gasteiger partial charge in [0, 0.05) is 12.1 Å². The van der Waals surface area contributed by atoms with Crippen LogP contribution in [0, 0.1) is 0 Å². The van der Waals surface area contributed by atoms with Crippen molar-refractivity contribution in [2.75, 3.05) is 26.8 Å². The highest BCUT2D eigenvalue weighted by Crippen LogP contribution is 2.18. The molecule has 0 saturated heterocycles. The van der Waals surface area contributed by atoms with Gasteiger partial charge < -0.3 is 24.5 Å². The molecule has 0 saturated carbocycles. The van der Waals surface area contributed by atoms with Gasteiger partial charge in [0.1, 0.15) is 30.1 Å². The average molecular weight is 522 g/mol. The van der Waals surface area contributed by atoms with Crippen LogP contribution in [0.2, 0.25) is 0 Å². The number of ether oxygens (including phenoxy) is 2. The summed E-state index contributed by atoms with van der Waals surface area (Å²) in [4.78, 5) is 9.06. The van der Waals surface area contributed by atoms with E-state index in [0.29, 0.717) is 31.5 Å². The van der Waals surface area contributed by atoms with Crippen LogP contribution >= 0.6 is 24.0 Å². The maximum absolute atomic E-state index is 5.72. The molecule has 0 aliphatic carbocycles. The third-order valence-corrected chi connectivity index (χ3v) is 4.04. The van der Waals surface area contributed by atoms with Gasteiger partial charge in [0.05, 0.1) is 20.2 Å². The molecule has 3 aromatic rings. The van der Waals surface area contributed by atoms with E-state index < -0.39 is 0 Å². The number of hydrogen-bond donors (Lipinski definition) is 2. The molecule has 0 bridgehead atoms. The first-order valence-electron chi connectivity index (χ1n) is 9.57. The lowest BCUT2D eigenvalue weighted by molar-refractivity contribution is 0.321. The number of oxazole rings is 1. The first kappa shape index (κ1) is 23.5. The molecule has 8 heteroatoms. The van der Waals surface area contributed by atoms with Crippen molar-refractivity contribution in [1.29, 1.82) is 0 Å². The summed E-state index contributed by atoms with van der Waals surface area (Å²) in [6.45, 7) is 4.34. The molecule has 0 unspecified atom stereocenters. The Morgan fingerprint density at radius 1 is 1.03 bits per heavy atom. The summed E-state index contributed by atoms with van der Waals surface area (Å²) in [5, 5.41) is 6.47. The van der Waals surface area contributed by atoms with Crippen molar-refractivity contribution in [3.8, 4) is 23.0 Å². The van der Waals surface area contributed by atoms with E-state index in [4.69, 9.17) is 13.9 Å². The molecule has 160 valence electrons. The highest BCUT2D eigenvalue weighted by atomic mass is 127. The molecule has 2 N–H and O–H groups in total. The van der Waals surface area contributed by atoms with Gasteiger partial charge in [0.2, 0.25) is 5.89 Å². The highest BCUT2D eigenvalue weighted by Gasteiger charge is 2.06. The van der Waals surface area contributed by atoms with E-state index in [-0.39, 0.29) is 24.0 Å². The van der Waals surface area contributed by atoms with E-state index in [0.717, 1.165) is 29.3 Å². The SMILES string of the molecule is CCNC(=NCc1coc(-c2ccccc2)n1)NCCOc1ccc(OC)cc1.I. The summed E-state index contributed by atoms with van der Waals surface area (Å²) in [7, 11) is 1.64. The van der Waals surface area contributed by atoms with Crippen LogP contribution in [0.5, 0.6) is 11.5 Å². The number of methoxy groups -OCH3 is 1. The van der Waals surface area contributed by atoms with Crippen LogP contribution < -0.4 is 20.1 Å². The molecular weight excluding hydrogens is 495 g/mol. The number of guanidine groups is 1. The second kappa shape index (κ2) is 12.7. The maximum atomic E-state index is 5.72. The zero-order valence-electron chi connectivity index (χ0n) is 17.1. The number of benzene rings is 2. The van der Waals surface area contributed by atoms with E-state index in [2.05, 4.69) is 20.6 Å². The summed E-state index contributed by atoms with van der Waals surface area (Å²) < 4.78 is 16.4. The van der Waals surface area contributed by atoms with Crippen molar-refractivity contribution in [2.45, 2.75) is 13.5 Å². The van der Waals surface area contributed by atoms with E-state index in [1.807, 2.05) is 61.5 Å². The molecule has 0 radical (unpaired) electrons. The van der Waals surface area contributed by atoms with E-state index in [9.17, 15) is 0 Å². The molecule has 3 rings (SSSR count). The highest BCUT2D eigenvalue weighted by molar-refractivity contribution is 14.0. The zero-order chi connectivity index (χ0) is 20.3. The van der Waals surface area contributed by atoms with Gasteiger partial charge in [-0.2, -0.15) is 0 Å². The van der Waals surface area contributed by atoms with Gasteiger partial charge in [-0.25, -0.2) is 9.98 Å². The Morgan fingerprint density at radius 3 is 2.47 bits per heavy atom. The van der Waals surface area contributed by atoms with Gasteiger partial charge in [0.15, 0.2) is 5.96 Å². The van der Waals surface area contributed by atoms with Gasteiger partial charge in [0.25, 0.3) is 0 Å².